The number of phosphoric ester groups is 1. The second kappa shape index (κ2) is 20.6. The van der Waals surface area contributed by atoms with Crippen LogP contribution in [0, 0.1) is 0 Å². The van der Waals surface area contributed by atoms with E-state index in [4.69, 9.17) is 13.8 Å². The Bertz CT molecular complexity index is 548. The highest BCUT2D eigenvalue weighted by molar-refractivity contribution is 7.47. The molecule has 0 heterocycles. The molecule has 0 aliphatic heterocycles. The van der Waals surface area contributed by atoms with Crippen molar-refractivity contribution in [3.05, 3.63) is 12.2 Å². The smallest absolute Gasteiger partial charge is 0.463 e. The van der Waals surface area contributed by atoms with Crippen molar-refractivity contribution in [3.63, 3.8) is 0 Å². The molecule has 0 amide bonds. The molecule has 0 aromatic carbocycles. The van der Waals surface area contributed by atoms with Gasteiger partial charge in [-0.3, -0.25) is 13.8 Å². The fourth-order valence-electron chi connectivity index (χ4n) is 3.19. The van der Waals surface area contributed by atoms with Crippen LogP contribution in [0.15, 0.2) is 12.2 Å². The second-order valence-corrected chi connectivity index (χ2v) is 11.2. The average Bonchev–Trinajstić information content (AvgIpc) is 2.73. The number of carbonyl (C=O) groups excluding carboxylic acids is 1. The topological polar surface area (TPSA) is 82.1 Å². The standard InChI is InChI=1S/C25H50NO6P/c1-5-6-7-8-9-10-11-12-13-14-15-16-17-18-19-20-25(27)30-23-24-32-33(28,29)31-22-21-26(2,3)4/h12-13H,5-11,14-24H2,1-4H3/p+1/b13-12+. The van der Waals surface area contributed by atoms with E-state index in [9.17, 15) is 14.3 Å². The van der Waals surface area contributed by atoms with Crippen molar-refractivity contribution in [3.8, 4) is 0 Å². The zero-order chi connectivity index (χ0) is 24.8. The monoisotopic (exact) mass is 492 g/mol. The Morgan fingerprint density at radius 3 is 1.88 bits per heavy atom. The summed E-state index contributed by atoms with van der Waals surface area (Å²) in [5.74, 6) is -0.296. The van der Waals surface area contributed by atoms with Gasteiger partial charge in [0.1, 0.15) is 19.8 Å². The molecular formula is C25H51NO6P+. The number of likely N-dealkylation sites (N-methyl/N-ethyl adjacent to an activating group) is 1. The number of quaternary nitrogens is 1. The van der Waals surface area contributed by atoms with Gasteiger partial charge in [0.05, 0.1) is 27.7 Å². The third-order valence-electron chi connectivity index (χ3n) is 5.26. The summed E-state index contributed by atoms with van der Waals surface area (Å²) in [5, 5.41) is 0. The molecule has 196 valence electrons. The highest BCUT2D eigenvalue weighted by Gasteiger charge is 2.22. The van der Waals surface area contributed by atoms with Gasteiger partial charge >= 0.3 is 13.8 Å². The Kier molecular flexibility index (Phi) is 20.2. The predicted octanol–water partition coefficient (Wildman–Crippen LogP) is 6.41. The van der Waals surface area contributed by atoms with E-state index >= 15 is 0 Å². The largest absolute Gasteiger partial charge is 0.472 e. The maximum absolute atomic E-state index is 11.7. The molecule has 0 saturated carbocycles. The van der Waals surface area contributed by atoms with Gasteiger partial charge in [-0.25, -0.2) is 4.57 Å². The van der Waals surface area contributed by atoms with Crippen LogP contribution in [-0.2, 0) is 23.1 Å². The molecule has 0 aromatic rings. The van der Waals surface area contributed by atoms with Crippen LogP contribution in [-0.4, -0.2) is 62.9 Å². The molecule has 1 N–H and O–H groups in total. The Morgan fingerprint density at radius 1 is 0.788 bits per heavy atom. The van der Waals surface area contributed by atoms with Gasteiger partial charge in [0.2, 0.25) is 0 Å². The first kappa shape index (κ1) is 32.3. The lowest BCUT2D eigenvalue weighted by Gasteiger charge is -2.23. The summed E-state index contributed by atoms with van der Waals surface area (Å²) in [6.45, 7) is 2.75. The van der Waals surface area contributed by atoms with Crippen LogP contribution in [0.2, 0.25) is 0 Å². The highest BCUT2D eigenvalue weighted by atomic mass is 31.2. The van der Waals surface area contributed by atoms with Gasteiger partial charge < -0.3 is 14.1 Å². The minimum Gasteiger partial charge on any atom is -0.463 e. The molecule has 0 fully saturated rings. The lowest BCUT2D eigenvalue weighted by Crippen LogP contribution is -2.37. The number of nitrogens with zero attached hydrogens (tertiary/aromatic N) is 1. The number of phosphoric acid groups is 1. The minimum absolute atomic E-state index is 0.0485. The van der Waals surface area contributed by atoms with Crippen LogP contribution in [0.1, 0.15) is 96.8 Å². The number of ether oxygens (including phenoxy) is 1. The first-order valence-electron chi connectivity index (χ1n) is 12.9. The Morgan fingerprint density at radius 2 is 1.30 bits per heavy atom. The fraction of sp³-hybridized carbons (Fsp3) is 0.880. The van der Waals surface area contributed by atoms with Crippen molar-refractivity contribution in [2.75, 3.05) is 47.5 Å². The maximum atomic E-state index is 11.7. The van der Waals surface area contributed by atoms with Gasteiger partial charge in [-0.1, -0.05) is 70.4 Å². The summed E-state index contributed by atoms with van der Waals surface area (Å²) in [6, 6.07) is 0. The second-order valence-electron chi connectivity index (χ2n) is 9.70. The van der Waals surface area contributed by atoms with Crippen LogP contribution in [0.25, 0.3) is 0 Å². The number of hydrogen-bond donors (Lipinski definition) is 1. The van der Waals surface area contributed by atoms with E-state index in [1.807, 2.05) is 21.1 Å². The fourth-order valence-corrected chi connectivity index (χ4v) is 3.88. The molecule has 0 aliphatic rings. The third kappa shape index (κ3) is 25.7. The Balaban J connectivity index is 3.47. The van der Waals surface area contributed by atoms with Crippen molar-refractivity contribution in [1.82, 2.24) is 0 Å². The number of carbonyl (C=O) groups is 1. The first-order chi connectivity index (χ1) is 15.7. The van der Waals surface area contributed by atoms with E-state index in [1.54, 1.807) is 0 Å². The number of hydrogen-bond acceptors (Lipinski definition) is 5. The SMILES string of the molecule is CCCCCCCC/C=C/CCCCCCCC(=O)OCCOP(=O)(O)OCC[N+](C)(C)C. The van der Waals surface area contributed by atoms with Crippen molar-refractivity contribution in [1.29, 1.82) is 0 Å². The van der Waals surface area contributed by atoms with E-state index < -0.39 is 7.82 Å². The third-order valence-corrected chi connectivity index (χ3v) is 6.28. The molecular weight excluding hydrogens is 441 g/mol. The molecule has 0 bridgehead atoms. The zero-order valence-electron chi connectivity index (χ0n) is 21.8. The van der Waals surface area contributed by atoms with Gasteiger partial charge in [0.15, 0.2) is 0 Å². The van der Waals surface area contributed by atoms with Gasteiger partial charge in [-0.15, -0.1) is 0 Å². The predicted molar refractivity (Wildman–Crippen MR) is 135 cm³/mol. The molecule has 8 heteroatoms. The van der Waals surface area contributed by atoms with Crippen LogP contribution in [0.4, 0.5) is 0 Å². The molecule has 0 radical (unpaired) electrons. The van der Waals surface area contributed by atoms with Crippen LogP contribution in [0.5, 0.6) is 0 Å². The highest BCUT2D eigenvalue weighted by Crippen LogP contribution is 2.42. The Hall–Kier alpha value is -0.720. The van der Waals surface area contributed by atoms with E-state index in [1.165, 1.54) is 57.8 Å². The molecule has 0 spiro atoms. The molecule has 7 nitrogen and oxygen atoms in total. The summed E-state index contributed by atoms with van der Waals surface area (Å²) >= 11 is 0. The van der Waals surface area contributed by atoms with E-state index in [-0.39, 0.29) is 25.8 Å². The van der Waals surface area contributed by atoms with Crippen molar-refractivity contribution < 1.29 is 32.5 Å². The quantitative estimate of drug-likeness (QED) is 0.0584. The molecule has 0 aromatic heterocycles. The number of unbranched alkanes of at least 4 members (excludes halogenated alkanes) is 11. The maximum Gasteiger partial charge on any atom is 0.472 e. The van der Waals surface area contributed by atoms with Crippen LogP contribution >= 0.6 is 7.82 Å². The molecule has 0 aliphatic carbocycles. The van der Waals surface area contributed by atoms with Crippen molar-refractivity contribution in [2.24, 2.45) is 0 Å². The van der Waals surface area contributed by atoms with Crippen molar-refractivity contribution >= 4 is 13.8 Å². The summed E-state index contributed by atoms with van der Waals surface area (Å²) in [7, 11) is 1.78. The number of allylic oxidation sites excluding steroid dienone is 2. The molecule has 1 atom stereocenters. The minimum atomic E-state index is -4.10. The average molecular weight is 493 g/mol. The van der Waals surface area contributed by atoms with E-state index in [0.29, 0.717) is 17.4 Å². The molecule has 1 unspecified atom stereocenters. The summed E-state index contributed by atoms with van der Waals surface area (Å²) in [5.41, 5.74) is 0. The summed E-state index contributed by atoms with van der Waals surface area (Å²) in [6.07, 6.45) is 20.8. The molecule has 0 rings (SSSR count). The Labute approximate surface area is 203 Å². The molecule has 33 heavy (non-hydrogen) atoms. The molecule has 0 saturated heterocycles. The van der Waals surface area contributed by atoms with Gasteiger partial charge in [-0.2, -0.15) is 0 Å². The van der Waals surface area contributed by atoms with E-state index in [2.05, 4.69) is 19.1 Å². The lowest BCUT2D eigenvalue weighted by molar-refractivity contribution is -0.870. The first-order valence-corrected chi connectivity index (χ1v) is 14.4. The zero-order valence-corrected chi connectivity index (χ0v) is 22.7. The summed E-state index contributed by atoms with van der Waals surface area (Å²) < 4.78 is 27.1. The van der Waals surface area contributed by atoms with Gasteiger partial charge in [0, 0.05) is 6.42 Å². The van der Waals surface area contributed by atoms with Crippen LogP contribution < -0.4 is 0 Å². The van der Waals surface area contributed by atoms with Crippen molar-refractivity contribution in [2.45, 2.75) is 96.8 Å². The number of rotatable bonds is 23. The normalized spacial score (nSPS) is 14.0. The van der Waals surface area contributed by atoms with Gasteiger partial charge in [0.25, 0.3) is 0 Å². The summed E-state index contributed by atoms with van der Waals surface area (Å²) in [4.78, 5) is 21.3. The van der Waals surface area contributed by atoms with E-state index in [0.717, 1.165) is 25.7 Å². The lowest BCUT2D eigenvalue weighted by atomic mass is 10.1. The number of esters is 1. The van der Waals surface area contributed by atoms with Crippen LogP contribution in [0.3, 0.4) is 0 Å². The van der Waals surface area contributed by atoms with Gasteiger partial charge in [-0.05, 0) is 32.1 Å².